The van der Waals surface area contributed by atoms with Gasteiger partial charge in [0.1, 0.15) is 11.5 Å². The number of anilines is 1. The smallest absolute Gasteiger partial charge is 0.276 e. The van der Waals surface area contributed by atoms with Crippen LogP contribution >= 0.6 is 0 Å². The maximum absolute atomic E-state index is 13.0. The van der Waals surface area contributed by atoms with Crippen LogP contribution in [0.3, 0.4) is 0 Å². The minimum Gasteiger partial charge on any atom is -0.456 e. The highest BCUT2D eigenvalue weighted by Gasteiger charge is 2.16. The molecule has 3 heterocycles. The lowest BCUT2D eigenvalue weighted by Gasteiger charge is -2.09. The number of ether oxygens (including phenoxy) is 1. The van der Waals surface area contributed by atoms with Crippen LogP contribution in [0, 0.1) is 0 Å². The number of carbonyl (C=O) groups excluding carboxylic acids is 1. The Morgan fingerprint density at radius 2 is 1.80 bits per heavy atom. The Morgan fingerprint density at radius 1 is 0.943 bits per heavy atom. The monoisotopic (exact) mass is 464 g/mol. The molecule has 2 N–H and O–H groups in total. The largest absolute Gasteiger partial charge is 0.456 e. The summed E-state index contributed by atoms with van der Waals surface area (Å²) in [5.74, 6) is 1.05. The van der Waals surface area contributed by atoms with Gasteiger partial charge in [-0.25, -0.2) is 0 Å². The van der Waals surface area contributed by atoms with Crippen LogP contribution in [0.2, 0.25) is 0 Å². The molecule has 2 aromatic carbocycles. The second-order valence-electron chi connectivity index (χ2n) is 8.39. The van der Waals surface area contributed by atoms with Crippen molar-refractivity contribution in [2.24, 2.45) is 0 Å². The number of H-pyrrole nitrogens is 1. The first-order chi connectivity index (χ1) is 17.0. The van der Waals surface area contributed by atoms with Crippen molar-refractivity contribution in [3.05, 3.63) is 96.7 Å². The van der Waals surface area contributed by atoms with Crippen LogP contribution in [0.15, 0.2) is 85.3 Å². The van der Waals surface area contributed by atoms with E-state index in [1.807, 2.05) is 85.7 Å². The third-order valence-electron chi connectivity index (χ3n) is 5.36. The molecule has 0 radical (unpaired) electrons. The molecule has 0 aliphatic carbocycles. The van der Waals surface area contributed by atoms with Crippen LogP contribution < -0.4 is 10.1 Å². The third-order valence-corrected chi connectivity index (χ3v) is 5.36. The van der Waals surface area contributed by atoms with E-state index in [-0.39, 0.29) is 5.91 Å². The van der Waals surface area contributed by atoms with Gasteiger partial charge in [0.25, 0.3) is 5.91 Å². The fourth-order valence-electron chi connectivity index (χ4n) is 3.73. The van der Waals surface area contributed by atoms with E-state index in [4.69, 9.17) is 4.74 Å². The van der Waals surface area contributed by atoms with Crippen LogP contribution in [0.4, 0.5) is 5.69 Å². The van der Waals surface area contributed by atoms with Gasteiger partial charge >= 0.3 is 0 Å². The molecule has 0 fully saturated rings. The number of aromatic nitrogens is 4. The van der Waals surface area contributed by atoms with Crippen molar-refractivity contribution < 1.29 is 9.53 Å². The molecule has 0 spiro atoms. The van der Waals surface area contributed by atoms with Crippen molar-refractivity contribution in [2.75, 3.05) is 19.4 Å². The van der Waals surface area contributed by atoms with Crippen molar-refractivity contribution in [2.45, 2.75) is 6.54 Å². The number of amides is 1. The van der Waals surface area contributed by atoms with Gasteiger partial charge in [0.2, 0.25) is 0 Å². The van der Waals surface area contributed by atoms with Gasteiger partial charge in [0, 0.05) is 23.7 Å². The summed E-state index contributed by atoms with van der Waals surface area (Å²) in [6.45, 7) is 0.730. The zero-order valence-corrected chi connectivity index (χ0v) is 19.4. The first kappa shape index (κ1) is 22.2. The van der Waals surface area contributed by atoms with Gasteiger partial charge in [-0.1, -0.05) is 24.3 Å². The van der Waals surface area contributed by atoms with E-state index in [0.717, 1.165) is 34.6 Å². The van der Waals surface area contributed by atoms with E-state index in [9.17, 15) is 4.79 Å². The lowest BCUT2D eigenvalue weighted by atomic mass is 10.0. The standard InChI is InChI=1S/C27H24N6O2/c1-33(2)17-21-10-9-20(15-29-21)30-27(34)26-24-13-18(8-11-25(24)31-32-26)19-12-23(16-28-14-19)35-22-6-4-3-5-7-22/h3-16H,17H2,1-2H3,(H,30,34)(H,31,32). The van der Waals surface area contributed by atoms with Gasteiger partial charge in [-0.05, 0) is 62.1 Å². The number of aromatic amines is 1. The number of nitrogens with one attached hydrogen (secondary N) is 2. The molecule has 5 rings (SSSR count). The number of carbonyl (C=O) groups is 1. The molecule has 0 aliphatic rings. The van der Waals surface area contributed by atoms with Crippen LogP contribution in [0.25, 0.3) is 22.0 Å². The van der Waals surface area contributed by atoms with Gasteiger partial charge in [0.05, 0.1) is 29.3 Å². The molecule has 0 bridgehead atoms. The van der Waals surface area contributed by atoms with Crippen LogP contribution in [0.1, 0.15) is 16.2 Å². The van der Waals surface area contributed by atoms with Gasteiger partial charge < -0.3 is 15.0 Å². The average Bonchev–Trinajstić information content (AvgIpc) is 3.29. The Hall–Kier alpha value is -4.56. The van der Waals surface area contributed by atoms with E-state index in [2.05, 4.69) is 25.5 Å². The first-order valence-electron chi connectivity index (χ1n) is 11.1. The van der Waals surface area contributed by atoms with E-state index < -0.39 is 0 Å². The molecule has 0 atom stereocenters. The molecule has 5 aromatic rings. The predicted octanol–water partition coefficient (Wildman–Crippen LogP) is 5.13. The molecule has 1 amide bonds. The van der Waals surface area contributed by atoms with Crippen molar-refractivity contribution in [1.82, 2.24) is 25.1 Å². The van der Waals surface area contributed by atoms with Crippen molar-refractivity contribution in [1.29, 1.82) is 0 Å². The average molecular weight is 465 g/mol. The number of nitrogens with zero attached hydrogens (tertiary/aromatic N) is 4. The number of pyridine rings is 2. The molecule has 8 heteroatoms. The van der Waals surface area contributed by atoms with Crippen molar-refractivity contribution >= 4 is 22.5 Å². The van der Waals surface area contributed by atoms with Gasteiger partial charge in [-0.15, -0.1) is 0 Å². The van der Waals surface area contributed by atoms with Crippen molar-refractivity contribution in [3.63, 3.8) is 0 Å². The second kappa shape index (κ2) is 9.74. The Labute approximate surface area is 202 Å². The lowest BCUT2D eigenvalue weighted by Crippen LogP contribution is -2.14. The lowest BCUT2D eigenvalue weighted by molar-refractivity contribution is 0.102. The summed E-state index contributed by atoms with van der Waals surface area (Å²) in [4.78, 5) is 23.8. The predicted molar refractivity (Wildman–Crippen MR) is 135 cm³/mol. The summed E-state index contributed by atoms with van der Waals surface area (Å²) in [5.41, 5.74) is 4.38. The van der Waals surface area contributed by atoms with Crippen molar-refractivity contribution in [3.8, 4) is 22.6 Å². The minimum absolute atomic E-state index is 0.309. The number of benzene rings is 2. The summed E-state index contributed by atoms with van der Waals surface area (Å²) in [7, 11) is 3.97. The highest BCUT2D eigenvalue weighted by Crippen LogP contribution is 2.29. The van der Waals surface area contributed by atoms with Crippen LogP contribution in [-0.2, 0) is 6.54 Å². The molecule has 8 nitrogen and oxygen atoms in total. The first-order valence-corrected chi connectivity index (χ1v) is 11.1. The van der Waals surface area contributed by atoms with E-state index in [1.165, 1.54) is 0 Å². The Morgan fingerprint density at radius 3 is 2.57 bits per heavy atom. The van der Waals surface area contributed by atoms with Gasteiger partial charge in [-0.2, -0.15) is 5.10 Å². The molecule has 0 saturated heterocycles. The third kappa shape index (κ3) is 5.18. The SMILES string of the molecule is CN(C)Cc1ccc(NC(=O)c2n[nH]c3ccc(-c4cncc(Oc5ccccc5)c4)cc23)cn1. The number of rotatable bonds is 7. The molecule has 174 valence electrons. The number of hydrogen-bond acceptors (Lipinski definition) is 6. The fraction of sp³-hybridized carbons (Fsp3) is 0.111. The quantitative estimate of drug-likeness (QED) is 0.347. The van der Waals surface area contributed by atoms with Crippen LogP contribution in [-0.4, -0.2) is 45.1 Å². The van der Waals surface area contributed by atoms with E-state index >= 15 is 0 Å². The summed E-state index contributed by atoms with van der Waals surface area (Å²) < 4.78 is 5.92. The molecule has 0 aliphatic heterocycles. The summed E-state index contributed by atoms with van der Waals surface area (Å²) >= 11 is 0. The minimum atomic E-state index is -0.310. The molecule has 0 saturated carbocycles. The molecular weight excluding hydrogens is 440 g/mol. The Kier molecular flexibility index (Phi) is 6.19. The number of para-hydroxylation sites is 1. The highest BCUT2D eigenvalue weighted by molar-refractivity contribution is 6.11. The Balaban J connectivity index is 1.38. The van der Waals surface area contributed by atoms with Gasteiger partial charge in [0.15, 0.2) is 5.69 Å². The fourth-order valence-corrected chi connectivity index (χ4v) is 3.73. The second-order valence-corrected chi connectivity index (χ2v) is 8.39. The summed E-state index contributed by atoms with van der Waals surface area (Å²) in [6, 6.07) is 21.0. The number of fused-ring (bicyclic) bond motifs is 1. The maximum atomic E-state index is 13.0. The van der Waals surface area contributed by atoms with E-state index in [1.54, 1.807) is 18.6 Å². The maximum Gasteiger partial charge on any atom is 0.276 e. The molecule has 3 aromatic heterocycles. The molecule has 0 unspecified atom stereocenters. The number of hydrogen-bond donors (Lipinski definition) is 2. The summed E-state index contributed by atoms with van der Waals surface area (Å²) in [6.07, 6.45) is 5.09. The molecule has 35 heavy (non-hydrogen) atoms. The van der Waals surface area contributed by atoms with E-state index in [0.29, 0.717) is 22.5 Å². The Bertz CT molecular complexity index is 1460. The van der Waals surface area contributed by atoms with Crippen LogP contribution in [0.5, 0.6) is 11.5 Å². The summed E-state index contributed by atoms with van der Waals surface area (Å²) in [5, 5.41) is 10.8. The van der Waals surface area contributed by atoms with Gasteiger partial charge in [-0.3, -0.25) is 19.9 Å². The highest BCUT2D eigenvalue weighted by atomic mass is 16.5. The topological polar surface area (TPSA) is 96.0 Å². The zero-order valence-electron chi connectivity index (χ0n) is 19.4. The molecular formula is C27H24N6O2. The normalized spacial score (nSPS) is 11.1. The zero-order chi connectivity index (χ0) is 24.2.